The van der Waals surface area contributed by atoms with Crippen LogP contribution in [0.25, 0.3) is 0 Å². The molecule has 5 rings (SSSR count). The van der Waals surface area contributed by atoms with Gasteiger partial charge in [-0.1, -0.05) is 0 Å². The van der Waals surface area contributed by atoms with E-state index in [1.165, 1.54) is 6.20 Å². The van der Waals surface area contributed by atoms with Crippen LogP contribution >= 0.6 is 0 Å². The number of hydrogen-bond acceptors (Lipinski definition) is 7. The molecule has 1 unspecified atom stereocenters. The lowest BCUT2D eigenvalue weighted by Crippen LogP contribution is -2.36. The van der Waals surface area contributed by atoms with Crippen LogP contribution in [0, 0.1) is 23.3 Å². The number of carbonyl (C=O) groups excluding carboxylic acids is 1. The van der Waals surface area contributed by atoms with Crippen molar-refractivity contribution in [1.82, 2.24) is 15.1 Å². The zero-order valence-corrected chi connectivity index (χ0v) is 21.6. The summed E-state index contributed by atoms with van der Waals surface area (Å²) in [5.74, 6) is -5.52. The van der Waals surface area contributed by atoms with E-state index in [2.05, 4.69) is 20.9 Å². The van der Waals surface area contributed by atoms with Gasteiger partial charge in [-0.2, -0.15) is 0 Å². The quantitative estimate of drug-likeness (QED) is 0.330. The first kappa shape index (κ1) is 26.7. The van der Waals surface area contributed by atoms with E-state index in [1.54, 1.807) is 24.0 Å². The molecular formula is C27H28F4N6O2. The highest BCUT2D eigenvalue weighted by Crippen LogP contribution is 2.38. The van der Waals surface area contributed by atoms with Crippen molar-refractivity contribution in [3.05, 3.63) is 81.8 Å². The average Bonchev–Trinajstić information content (AvgIpc) is 3.42. The molecule has 1 amide bonds. The maximum atomic E-state index is 14.2. The Labute approximate surface area is 222 Å². The molecule has 8 nitrogen and oxygen atoms in total. The smallest absolute Gasteiger partial charge is 0.254 e. The Bertz CT molecular complexity index is 1410. The van der Waals surface area contributed by atoms with Gasteiger partial charge in [0.15, 0.2) is 29.5 Å². The third-order valence-electron chi connectivity index (χ3n) is 6.83. The third kappa shape index (κ3) is 5.09. The minimum atomic E-state index is -1.48. The molecule has 0 aliphatic carbocycles. The number of nitrogens with zero attached hydrogens (tertiary/aromatic N) is 3. The van der Waals surface area contributed by atoms with Crippen LogP contribution in [-0.2, 0) is 13.0 Å². The lowest BCUT2D eigenvalue weighted by molar-refractivity contribution is 0.0768. The molecule has 0 saturated carbocycles. The van der Waals surface area contributed by atoms with Crippen LogP contribution < -0.4 is 16.0 Å². The minimum absolute atomic E-state index is 0.0517. The topological polar surface area (TPSA) is 92.2 Å². The molecule has 0 fully saturated rings. The van der Waals surface area contributed by atoms with Crippen molar-refractivity contribution in [2.45, 2.75) is 32.2 Å². The van der Waals surface area contributed by atoms with Crippen LogP contribution in [0.15, 0.2) is 46.9 Å². The highest BCUT2D eigenvalue weighted by molar-refractivity contribution is 6.11. The molecule has 0 radical (unpaired) electrons. The van der Waals surface area contributed by atoms with Crippen LogP contribution in [0.2, 0.25) is 0 Å². The van der Waals surface area contributed by atoms with Crippen LogP contribution in [-0.4, -0.2) is 66.0 Å². The number of allylic oxidation sites excluding steroid dienone is 1. The molecule has 3 heterocycles. The SMILES string of the molecule is C[C@@H](Cc1c(F)c(F)cc(F)c1F)/N=C1\C=CNC(O)\C1=C1\Nc2cc3c(cc2N1)C(=O)N(CCN(C)C)C3. The molecular weight excluding hydrogens is 516 g/mol. The van der Waals surface area contributed by atoms with Crippen molar-refractivity contribution in [3.63, 3.8) is 0 Å². The predicted octanol–water partition coefficient (Wildman–Crippen LogP) is 3.32. The highest BCUT2D eigenvalue weighted by Gasteiger charge is 2.32. The van der Waals surface area contributed by atoms with E-state index in [0.717, 1.165) is 12.1 Å². The van der Waals surface area contributed by atoms with Gasteiger partial charge in [0.05, 0.1) is 28.7 Å². The van der Waals surface area contributed by atoms with E-state index < -0.39 is 47.5 Å². The summed E-state index contributed by atoms with van der Waals surface area (Å²) in [6.07, 6.45) is 1.46. The molecule has 12 heteroatoms. The second-order valence-corrected chi connectivity index (χ2v) is 10.0. The van der Waals surface area contributed by atoms with Crippen LogP contribution in [0.4, 0.5) is 28.9 Å². The summed E-state index contributed by atoms with van der Waals surface area (Å²) in [5, 5.41) is 19.9. The fourth-order valence-corrected chi connectivity index (χ4v) is 4.85. The number of anilines is 2. The molecule has 4 N–H and O–H groups in total. The van der Waals surface area contributed by atoms with Gasteiger partial charge in [-0.15, -0.1) is 0 Å². The normalized spacial score (nSPS) is 21.7. The second-order valence-electron chi connectivity index (χ2n) is 10.0. The molecule has 39 heavy (non-hydrogen) atoms. The number of rotatable bonds is 6. The van der Waals surface area contributed by atoms with Gasteiger partial charge in [0.1, 0.15) is 5.82 Å². The van der Waals surface area contributed by atoms with Gasteiger partial charge < -0.3 is 30.9 Å². The number of aliphatic hydroxyl groups excluding tert-OH is 1. The van der Waals surface area contributed by atoms with Crippen molar-refractivity contribution in [2.75, 3.05) is 37.8 Å². The van der Waals surface area contributed by atoms with Gasteiger partial charge in [-0.05, 0) is 44.8 Å². The van der Waals surface area contributed by atoms with Crippen LogP contribution in [0.1, 0.15) is 28.4 Å². The minimum Gasteiger partial charge on any atom is -0.369 e. The van der Waals surface area contributed by atoms with Crippen molar-refractivity contribution in [1.29, 1.82) is 0 Å². The summed E-state index contributed by atoms with van der Waals surface area (Å²) in [5.41, 5.74) is 2.73. The van der Waals surface area contributed by atoms with E-state index >= 15 is 0 Å². The largest absolute Gasteiger partial charge is 0.369 e. The molecule has 2 aromatic rings. The summed E-state index contributed by atoms with van der Waals surface area (Å²) in [6.45, 7) is 3.40. The Kier molecular flexibility index (Phi) is 7.08. The number of carbonyl (C=O) groups is 1. The number of halogens is 4. The van der Waals surface area contributed by atoms with Gasteiger partial charge >= 0.3 is 0 Å². The van der Waals surface area contributed by atoms with E-state index in [9.17, 15) is 27.5 Å². The molecule has 2 aromatic carbocycles. The Morgan fingerprint density at radius 3 is 2.44 bits per heavy atom. The highest BCUT2D eigenvalue weighted by atomic mass is 19.2. The standard InChI is InChI=1S/C27H28F4N6O2/c1-13(8-16-23(30)17(28)11-18(29)24(16)31)33-19-4-5-32-26(38)22(19)25-34-20-9-14-12-37(7-6-36(2)3)27(39)15(14)10-21(20)35-25/h4-5,9-11,13,26,32,34-35,38H,6-8,12H2,1-3H3/b25-22-,33-19+/t13-,26?/m0/s1. The maximum Gasteiger partial charge on any atom is 0.254 e. The molecule has 0 aromatic heterocycles. The third-order valence-corrected chi connectivity index (χ3v) is 6.83. The summed E-state index contributed by atoms with van der Waals surface area (Å²) < 4.78 is 55.7. The molecule has 3 aliphatic rings. The van der Waals surface area contributed by atoms with E-state index in [1.807, 2.05) is 25.1 Å². The first-order valence-electron chi connectivity index (χ1n) is 12.4. The number of nitrogens with one attached hydrogen (secondary N) is 3. The summed E-state index contributed by atoms with van der Waals surface area (Å²) in [7, 11) is 3.90. The zero-order chi connectivity index (χ0) is 28.0. The fraction of sp³-hybridized carbons (Fsp3) is 0.333. The van der Waals surface area contributed by atoms with Gasteiger partial charge in [-0.25, -0.2) is 17.6 Å². The number of benzene rings is 2. The van der Waals surface area contributed by atoms with Gasteiger partial charge in [0.2, 0.25) is 0 Å². The summed E-state index contributed by atoms with van der Waals surface area (Å²) in [6, 6.07) is 3.03. The van der Waals surface area contributed by atoms with Crippen molar-refractivity contribution >= 4 is 23.0 Å². The van der Waals surface area contributed by atoms with E-state index in [4.69, 9.17) is 0 Å². The number of likely N-dealkylation sites (N-methyl/N-ethyl adjacent to an activating group) is 1. The number of hydrogen-bond donors (Lipinski definition) is 4. The van der Waals surface area contributed by atoms with E-state index in [0.29, 0.717) is 47.1 Å². The fourth-order valence-electron chi connectivity index (χ4n) is 4.85. The number of aliphatic hydroxyl groups is 1. The maximum absolute atomic E-state index is 14.2. The molecule has 0 spiro atoms. The Balaban J connectivity index is 1.40. The summed E-state index contributed by atoms with van der Waals surface area (Å²) in [4.78, 5) is 21.2. The van der Waals surface area contributed by atoms with Crippen LogP contribution in [0.5, 0.6) is 0 Å². The van der Waals surface area contributed by atoms with Crippen molar-refractivity contribution < 1.29 is 27.5 Å². The van der Waals surface area contributed by atoms with Gasteiger partial charge in [0.25, 0.3) is 5.91 Å². The van der Waals surface area contributed by atoms with E-state index in [-0.39, 0.29) is 12.0 Å². The molecule has 0 bridgehead atoms. The summed E-state index contributed by atoms with van der Waals surface area (Å²) >= 11 is 0. The number of amides is 1. The molecule has 3 aliphatic heterocycles. The Hall–Kier alpha value is -3.90. The molecule has 2 atom stereocenters. The first-order valence-corrected chi connectivity index (χ1v) is 12.4. The predicted molar refractivity (Wildman–Crippen MR) is 139 cm³/mol. The second kappa shape index (κ2) is 10.3. The average molecular weight is 545 g/mol. The number of fused-ring (bicyclic) bond motifs is 2. The lowest BCUT2D eigenvalue weighted by atomic mass is 10.0. The number of aliphatic imine (C=N–C) groups is 1. The van der Waals surface area contributed by atoms with Gasteiger partial charge in [-0.3, -0.25) is 9.79 Å². The first-order chi connectivity index (χ1) is 18.5. The Morgan fingerprint density at radius 1 is 1.10 bits per heavy atom. The van der Waals surface area contributed by atoms with Gasteiger partial charge in [0, 0.05) is 49.4 Å². The van der Waals surface area contributed by atoms with Crippen LogP contribution in [0.3, 0.4) is 0 Å². The lowest BCUT2D eigenvalue weighted by Gasteiger charge is -2.23. The molecule has 0 saturated heterocycles. The zero-order valence-electron chi connectivity index (χ0n) is 21.6. The monoisotopic (exact) mass is 544 g/mol. The molecule has 206 valence electrons. The van der Waals surface area contributed by atoms with Crippen molar-refractivity contribution in [2.24, 2.45) is 4.99 Å². The Morgan fingerprint density at radius 2 is 1.77 bits per heavy atom. The van der Waals surface area contributed by atoms with Crippen molar-refractivity contribution in [3.8, 4) is 0 Å².